The zero-order chi connectivity index (χ0) is 41.9. The van der Waals surface area contributed by atoms with Gasteiger partial charge in [0, 0.05) is 52.1 Å². The van der Waals surface area contributed by atoms with E-state index in [0.717, 1.165) is 32.1 Å². The quantitative estimate of drug-likeness (QED) is 0.0696. The fourth-order valence-electron chi connectivity index (χ4n) is 3.58. The fraction of sp³-hybridized carbons (Fsp3) is 0.838. The van der Waals surface area contributed by atoms with Crippen molar-refractivity contribution in [1.82, 2.24) is 26.2 Å². The highest BCUT2D eigenvalue weighted by Crippen LogP contribution is 2.09. The second-order valence-corrected chi connectivity index (χ2v) is 16.4. The van der Waals surface area contributed by atoms with Crippen LogP contribution in [0, 0.1) is 0 Å². The number of nitrogens with one attached hydrogen (secondary N) is 4. The zero-order valence-corrected chi connectivity index (χ0v) is 35.9. The molecule has 0 atom stereocenters. The molecule has 0 saturated carbocycles. The van der Waals surface area contributed by atoms with Gasteiger partial charge in [0.25, 0.3) is 0 Å². The first-order valence-corrected chi connectivity index (χ1v) is 18.8. The minimum atomic E-state index is -0.570. The summed E-state index contributed by atoms with van der Waals surface area (Å²) in [5, 5.41) is 10.4. The van der Waals surface area contributed by atoms with Crippen molar-refractivity contribution in [1.29, 1.82) is 0 Å². The maximum atomic E-state index is 12.2. The Morgan fingerprint density at radius 2 is 0.755 bits per heavy atom. The van der Waals surface area contributed by atoms with Gasteiger partial charge in [-0.25, -0.2) is 19.2 Å². The molecule has 0 aliphatic carbocycles. The number of carbonyl (C=O) groups excluding carboxylic acids is 6. The maximum absolute atomic E-state index is 12.2. The molecule has 0 aliphatic rings. The highest BCUT2D eigenvalue weighted by molar-refractivity contribution is 6.63. The van der Waals surface area contributed by atoms with Crippen molar-refractivity contribution in [2.75, 3.05) is 39.3 Å². The second-order valence-electron chi connectivity index (χ2n) is 16.0. The van der Waals surface area contributed by atoms with E-state index in [9.17, 15) is 28.8 Å². The molecule has 0 spiro atoms. The van der Waals surface area contributed by atoms with E-state index in [2.05, 4.69) is 21.3 Å². The molecule has 53 heavy (non-hydrogen) atoms. The molecular formula is C37H72ClN5O10. The van der Waals surface area contributed by atoms with E-state index in [1.807, 2.05) is 55.4 Å². The van der Waals surface area contributed by atoms with Crippen LogP contribution in [-0.2, 0) is 28.5 Å². The lowest BCUT2D eigenvalue weighted by Gasteiger charge is -2.25. The molecule has 0 saturated heterocycles. The highest BCUT2D eigenvalue weighted by atomic mass is 35.5. The van der Waals surface area contributed by atoms with Crippen molar-refractivity contribution >= 4 is 47.1 Å². The number of nitrogens with zero attached hydrogens (tertiary/aromatic N) is 1. The van der Waals surface area contributed by atoms with E-state index in [-0.39, 0.29) is 24.2 Å². The molecule has 0 aliphatic heterocycles. The molecule has 16 heteroatoms. The van der Waals surface area contributed by atoms with Crippen LogP contribution in [0.25, 0.3) is 0 Å². The van der Waals surface area contributed by atoms with E-state index in [0.29, 0.717) is 39.0 Å². The molecule has 312 valence electrons. The Kier molecular flexibility index (Phi) is 28.5. The molecular weight excluding hydrogens is 710 g/mol. The molecule has 4 N–H and O–H groups in total. The van der Waals surface area contributed by atoms with Gasteiger partial charge in [0.1, 0.15) is 22.4 Å². The van der Waals surface area contributed by atoms with Crippen LogP contribution >= 0.6 is 11.6 Å². The first kappa shape index (κ1) is 53.9. The van der Waals surface area contributed by atoms with Crippen molar-refractivity contribution in [2.24, 2.45) is 0 Å². The van der Waals surface area contributed by atoms with E-state index >= 15 is 0 Å². The standard InChI is InChI=1S/C18H35N3O5.C15H30N2O4.C4H7ClO/c1-8-9-14(22)21(12-10-19-15(23)25-17(2,3)4)13-11-20-16(24)26-18(5,6)7;1-14(2,3)20-12(18)16-10-8-7-9-11-17-13(19)21-15(4,5)6;1-2-3-4(5)6/h8-13H2,1-7H3,(H,19,23)(H,20,24);7-11H2,1-6H3,(H,16,18)(H,17,19);2-3H2,1H3. The van der Waals surface area contributed by atoms with E-state index in [4.69, 9.17) is 30.5 Å². The number of hydrogen-bond acceptors (Lipinski definition) is 10. The van der Waals surface area contributed by atoms with Crippen molar-refractivity contribution < 1.29 is 47.7 Å². The summed E-state index contributed by atoms with van der Waals surface area (Å²) in [7, 11) is 0. The number of hydrogen-bond donors (Lipinski definition) is 4. The van der Waals surface area contributed by atoms with E-state index < -0.39 is 46.8 Å². The Morgan fingerprint density at radius 1 is 0.472 bits per heavy atom. The average molecular weight is 782 g/mol. The van der Waals surface area contributed by atoms with Crippen LogP contribution in [0.3, 0.4) is 0 Å². The van der Waals surface area contributed by atoms with Gasteiger partial charge >= 0.3 is 24.4 Å². The topological polar surface area (TPSA) is 191 Å². The zero-order valence-electron chi connectivity index (χ0n) is 35.1. The normalized spacial score (nSPS) is 11.2. The fourth-order valence-corrected chi connectivity index (χ4v) is 3.77. The van der Waals surface area contributed by atoms with Gasteiger partial charge in [-0.05, 0) is 127 Å². The lowest BCUT2D eigenvalue weighted by Crippen LogP contribution is -2.44. The van der Waals surface area contributed by atoms with Gasteiger partial charge < -0.3 is 45.1 Å². The molecule has 0 radical (unpaired) electrons. The number of alkyl carbamates (subject to hydrolysis) is 4. The second kappa shape index (κ2) is 28.0. The summed E-state index contributed by atoms with van der Waals surface area (Å²) < 4.78 is 20.6. The summed E-state index contributed by atoms with van der Waals surface area (Å²) in [5.41, 5.74) is -2.08. The van der Waals surface area contributed by atoms with Gasteiger partial charge in [0.2, 0.25) is 11.1 Å². The Balaban J connectivity index is -0.000000829. The van der Waals surface area contributed by atoms with Gasteiger partial charge in [0.05, 0.1) is 0 Å². The minimum Gasteiger partial charge on any atom is -0.444 e. The monoisotopic (exact) mass is 781 g/mol. The van der Waals surface area contributed by atoms with E-state index in [1.165, 1.54) is 0 Å². The van der Waals surface area contributed by atoms with Crippen LogP contribution in [0.4, 0.5) is 19.2 Å². The van der Waals surface area contributed by atoms with Gasteiger partial charge in [0.15, 0.2) is 0 Å². The number of halogens is 1. The molecule has 0 bridgehead atoms. The molecule has 0 heterocycles. The largest absolute Gasteiger partial charge is 0.444 e. The van der Waals surface area contributed by atoms with Crippen LogP contribution in [0.2, 0.25) is 0 Å². The van der Waals surface area contributed by atoms with Gasteiger partial charge in [-0.1, -0.05) is 13.8 Å². The maximum Gasteiger partial charge on any atom is 0.407 e. The number of carbonyl (C=O) groups is 6. The van der Waals surface area contributed by atoms with Crippen LogP contribution in [0.15, 0.2) is 0 Å². The summed E-state index contributed by atoms with van der Waals surface area (Å²) in [4.78, 5) is 69.7. The molecule has 0 rings (SSSR count). The SMILES string of the molecule is CC(C)(C)OC(=O)NCCCCCNC(=O)OC(C)(C)C.CCCC(=O)Cl.CCCC(=O)N(CCNC(=O)OC(C)(C)C)CCNC(=O)OC(C)(C)C. The van der Waals surface area contributed by atoms with Crippen LogP contribution < -0.4 is 21.3 Å². The number of amides is 5. The molecule has 5 amide bonds. The van der Waals surface area contributed by atoms with Gasteiger partial charge in [-0.15, -0.1) is 0 Å². The van der Waals surface area contributed by atoms with Gasteiger partial charge in [-0.3, -0.25) is 9.59 Å². The molecule has 0 aromatic heterocycles. The summed E-state index contributed by atoms with van der Waals surface area (Å²) >= 11 is 4.94. The molecule has 0 aromatic rings. The van der Waals surface area contributed by atoms with Crippen molar-refractivity contribution in [2.45, 2.75) is 164 Å². The Hall–Kier alpha value is -3.49. The Morgan fingerprint density at radius 3 is 0.981 bits per heavy atom. The predicted octanol–water partition coefficient (Wildman–Crippen LogP) is 7.42. The first-order chi connectivity index (χ1) is 24.1. The Labute approximate surface area is 324 Å². The summed E-state index contributed by atoms with van der Waals surface area (Å²) in [6, 6.07) is 0. The Bertz CT molecular complexity index is 1010. The third-order valence-corrected chi connectivity index (χ3v) is 5.74. The van der Waals surface area contributed by atoms with Crippen molar-refractivity contribution in [3.8, 4) is 0 Å². The minimum absolute atomic E-state index is 0.0236. The molecule has 0 unspecified atom stereocenters. The lowest BCUT2D eigenvalue weighted by atomic mass is 10.2. The number of unbranched alkanes of at least 4 members (excludes halogenated alkanes) is 2. The van der Waals surface area contributed by atoms with E-state index in [1.54, 1.807) is 46.4 Å². The van der Waals surface area contributed by atoms with Gasteiger partial charge in [-0.2, -0.15) is 0 Å². The summed E-state index contributed by atoms with van der Waals surface area (Å²) in [6.07, 6.45) is 3.26. The molecule has 15 nitrogen and oxygen atoms in total. The predicted molar refractivity (Wildman–Crippen MR) is 208 cm³/mol. The third kappa shape index (κ3) is 44.6. The van der Waals surface area contributed by atoms with Crippen molar-refractivity contribution in [3.63, 3.8) is 0 Å². The lowest BCUT2D eigenvalue weighted by molar-refractivity contribution is -0.131. The molecule has 0 fully saturated rings. The number of rotatable bonds is 16. The average Bonchev–Trinajstić information content (AvgIpc) is 2.93. The smallest absolute Gasteiger partial charge is 0.407 e. The van der Waals surface area contributed by atoms with Crippen LogP contribution in [-0.4, -0.2) is 102 Å². The third-order valence-electron chi connectivity index (χ3n) is 5.55. The first-order valence-electron chi connectivity index (χ1n) is 18.4. The summed E-state index contributed by atoms with van der Waals surface area (Å²) in [5.74, 6) is -0.0236. The van der Waals surface area contributed by atoms with Crippen LogP contribution in [0.1, 0.15) is 142 Å². The highest BCUT2D eigenvalue weighted by Gasteiger charge is 2.19. The van der Waals surface area contributed by atoms with Crippen LogP contribution in [0.5, 0.6) is 0 Å². The summed E-state index contributed by atoms with van der Waals surface area (Å²) in [6.45, 7) is 27.9. The number of ether oxygens (including phenoxy) is 4. The molecule has 0 aromatic carbocycles. The van der Waals surface area contributed by atoms with Crippen molar-refractivity contribution in [3.05, 3.63) is 0 Å².